The van der Waals surface area contributed by atoms with Gasteiger partial charge in [-0.2, -0.15) is 0 Å². The molecule has 1 N–H and O–H groups in total. The van der Waals surface area contributed by atoms with Crippen LogP contribution in [0.5, 0.6) is 5.75 Å². The zero-order valence-electron chi connectivity index (χ0n) is 20.3. The molecular formula is C30H22Cl3NO4. The van der Waals surface area contributed by atoms with E-state index in [1.54, 1.807) is 42.5 Å². The fourth-order valence-corrected chi connectivity index (χ4v) is 5.31. The second-order valence-electron chi connectivity index (χ2n) is 8.76. The van der Waals surface area contributed by atoms with E-state index in [0.29, 0.717) is 43.9 Å². The van der Waals surface area contributed by atoms with Crippen molar-refractivity contribution >= 4 is 51.5 Å². The van der Waals surface area contributed by atoms with E-state index >= 15 is 0 Å². The third-order valence-corrected chi connectivity index (χ3v) is 7.23. The number of aromatic nitrogens is 1. The minimum atomic E-state index is -0.960. The molecule has 8 heteroatoms. The molecule has 1 aromatic heterocycles. The minimum Gasteiger partial charge on any atom is -0.489 e. The number of carboxylic acids is 1. The molecule has 0 unspecified atom stereocenters. The molecule has 38 heavy (non-hydrogen) atoms. The number of ether oxygens (including phenoxy) is 1. The van der Waals surface area contributed by atoms with Crippen molar-refractivity contribution in [2.24, 2.45) is 0 Å². The molecule has 0 amide bonds. The summed E-state index contributed by atoms with van der Waals surface area (Å²) in [6.07, 6.45) is 1.57. The van der Waals surface area contributed by atoms with Crippen LogP contribution in [0.1, 0.15) is 35.0 Å². The Kier molecular flexibility index (Phi) is 7.61. The normalized spacial score (nSPS) is 11.2. The van der Waals surface area contributed by atoms with Gasteiger partial charge in [-0.15, -0.1) is 0 Å². The number of fused-ring (bicyclic) bond motifs is 1. The summed E-state index contributed by atoms with van der Waals surface area (Å²) in [5, 5.41) is 16.7. The monoisotopic (exact) mass is 565 g/mol. The van der Waals surface area contributed by atoms with Gasteiger partial charge in [0.15, 0.2) is 0 Å². The Morgan fingerprint density at radius 1 is 0.947 bits per heavy atom. The first-order valence-electron chi connectivity index (χ1n) is 12.0. The van der Waals surface area contributed by atoms with Crippen molar-refractivity contribution in [1.29, 1.82) is 0 Å². The Morgan fingerprint density at radius 2 is 1.71 bits per heavy atom. The summed E-state index contributed by atoms with van der Waals surface area (Å²) in [5.41, 5.74) is 3.89. The summed E-state index contributed by atoms with van der Waals surface area (Å²) < 4.78 is 11.8. The van der Waals surface area contributed by atoms with E-state index in [1.165, 1.54) is 0 Å². The van der Waals surface area contributed by atoms with Gasteiger partial charge >= 0.3 is 5.97 Å². The van der Waals surface area contributed by atoms with E-state index in [4.69, 9.17) is 44.1 Å². The number of benzene rings is 4. The van der Waals surface area contributed by atoms with Crippen LogP contribution in [0.25, 0.3) is 33.2 Å². The van der Waals surface area contributed by atoms with E-state index in [-0.39, 0.29) is 12.2 Å². The standard InChI is InChI=1S/C30H22Cl3NO4/c1-2-5-27-23(29(34-38-27)28-24(31)8-4-9-25(28)32)16-37-19-11-13-21(26(33)15-19)18-10-12-20-17(14-18)6-3-7-22(20)30(35)36/h3-4,6-15H,2,5,16H2,1H3,(H,35,36). The van der Waals surface area contributed by atoms with Gasteiger partial charge in [-0.05, 0) is 65.2 Å². The topological polar surface area (TPSA) is 72.6 Å². The van der Waals surface area contributed by atoms with Gasteiger partial charge in [-0.1, -0.05) is 77.2 Å². The van der Waals surface area contributed by atoms with Crippen LogP contribution in [0.15, 0.2) is 77.3 Å². The van der Waals surface area contributed by atoms with Crippen LogP contribution in [0.3, 0.4) is 0 Å². The van der Waals surface area contributed by atoms with Gasteiger partial charge in [0.1, 0.15) is 23.8 Å². The average Bonchev–Trinajstić information content (AvgIpc) is 3.28. The van der Waals surface area contributed by atoms with Gasteiger partial charge in [-0.3, -0.25) is 0 Å². The maximum Gasteiger partial charge on any atom is 0.336 e. The highest BCUT2D eigenvalue weighted by atomic mass is 35.5. The van der Waals surface area contributed by atoms with E-state index in [0.717, 1.165) is 34.3 Å². The number of hydrogen-bond donors (Lipinski definition) is 1. The van der Waals surface area contributed by atoms with Crippen molar-refractivity contribution in [2.45, 2.75) is 26.4 Å². The molecule has 5 nitrogen and oxygen atoms in total. The first kappa shape index (κ1) is 26.1. The van der Waals surface area contributed by atoms with Crippen LogP contribution in [0.2, 0.25) is 15.1 Å². The van der Waals surface area contributed by atoms with Crippen molar-refractivity contribution in [3.8, 4) is 28.1 Å². The molecule has 0 fully saturated rings. The SMILES string of the molecule is CCCc1onc(-c2c(Cl)cccc2Cl)c1COc1ccc(-c2ccc3c(C(=O)O)cccc3c2)c(Cl)c1. The number of aryl methyl sites for hydroxylation is 1. The molecular weight excluding hydrogens is 545 g/mol. The van der Waals surface area contributed by atoms with Gasteiger partial charge in [0.2, 0.25) is 0 Å². The smallest absolute Gasteiger partial charge is 0.336 e. The Balaban J connectivity index is 1.43. The fourth-order valence-electron chi connectivity index (χ4n) is 4.45. The van der Waals surface area contributed by atoms with Crippen LogP contribution < -0.4 is 4.74 Å². The van der Waals surface area contributed by atoms with Crippen molar-refractivity contribution in [2.75, 3.05) is 0 Å². The summed E-state index contributed by atoms with van der Waals surface area (Å²) in [5.74, 6) is 0.336. The van der Waals surface area contributed by atoms with Gasteiger partial charge in [0.25, 0.3) is 0 Å². The Labute approximate surface area is 234 Å². The number of carboxylic acid groups (broad SMARTS) is 1. The summed E-state index contributed by atoms with van der Waals surface area (Å²) in [7, 11) is 0. The maximum atomic E-state index is 11.5. The van der Waals surface area contributed by atoms with Crippen molar-refractivity contribution in [3.63, 3.8) is 0 Å². The Bertz CT molecular complexity index is 1640. The Morgan fingerprint density at radius 3 is 2.42 bits per heavy atom. The molecule has 4 aromatic carbocycles. The quantitative estimate of drug-likeness (QED) is 0.203. The van der Waals surface area contributed by atoms with E-state index in [1.807, 2.05) is 30.3 Å². The van der Waals surface area contributed by atoms with Crippen LogP contribution >= 0.6 is 34.8 Å². The van der Waals surface area contributed by atoms with Crippen LogP contribution in [-0.2, 0) is 13.0 Å². The molecule has 5 rings (SSSR count). The lowest BCUT2D eigenvalue weighted by Gasteiger charge is -2.12. The highest BCUT2D eigenvalue weighted by molar-refractivity contribution is 6.39. The van der Waals surface area contributed by atoms with E-state index < -0.39 is 5.97 Å². The van der Waals surface area contributed by atoms with E-state index in [9.17, 15) is 9.90 Å². The van der Waals surface area contributed by atoms with Gasteiger partial charge < -0.3 is 14.4 Å². The molecule has 0 atom stereocenters. The third-order valence-electron chi connectivity index (χ3n) is 6.29. The van der Waals surface area contributed by atoms with Crippen molar-refractivity contribution < 1.29 is 19.2 Å². The molecule has 0 saturated carbocycles. The zero-order chi connectivity index (χ0) is 26.8. The van der Waals surface area contributed by atoms with Crippen LogP contribution in [0, 0.1) is 0 Å². The summed E-state index contributed by atoms with van der Waals surface area (Å²) >= 11 is 19.6. The summed E-state index contributed by atoms with van der Waals surface area (Å²) in [6.45, 7) is 2.25. The predicted octanol–water partition coefficient (Wildman–Crippen LogP) is 9.35. The molecule has 0 aliphatic rings. The number of aromatic carboxylic acids is 1. The molecule has 192 valence electrons. The molecule has 0 aliphatic carbocycles. The molecule has 0 radical (unpaired) electrons. The first-order valence-corrected chi connectivity index (χ1v) is 13.1. The molecule has 0 aliphatic heterocycles. The lowest BCUT2D eigenvalue weighted by Crippen LogP contribution is -2.00. The number of carbonyl (C=O) groups is 1. The number of nitrogens with zero attached hydrogens (tertiary/aromatic N) is 1. The first-order chi connectivity index (χ1) is 18.4. The van der Waals surface area contributed by atoms with Crippen LogP contribution in [0.4, 0.5) is 0 Å². The second kappa shape index (κ2) is 11.1. The number of hydrogen-bond acceptors (Lipinski definition) is 4. The number of halogens is 3. The average molecular weight is 567 g/mol. The van der Waals surface area contributed by atoms with Crippen molar-refractivity contribution in [1.82, 2.24) is 5.16 Å². The van der Waals surface area contributed by atoms with Gasteiger partial charge in [-0.25, -0.2) is 4.79 Å². The third kappa shape index (κ3) is 5.10. The highest BCUT2D eigenvalue weighted by Gasteiger charge is 2.22. The largest absolute Gasteiger partial charge is 0.489 e. The Hall–Kier alpha value is -3.51. The molecule has 0 spiro atoms. The molecule has 5 aromatic rings. The predicted molar refractivity (Wildman–Crippen MR) is 152 cm³/mol. The number of rotatable bonds is 8. The fraction of sp³-hybridized carbons (Fsp3) is 0.133. The zero-order valence-corrected chi connectivity index (χ0v) is 22.6. The molecule has 0 bridgehead atoms. The molecule has 0 saturated heterocycles. The second-order valence-corrected chi connectivity index (χ2v) is 9.98. The van der Waals surface area contributed by atoms with E-state index in [2.05, 4.69) is 12.1 Å². The highest BCUT2D eigenvalue weighted by Crippen LogP contribution is 2.38. The minimum absolute atomic E-state index is 0.194. The van der Waals surface area contributed by atoms with Crippen LogP contribution in [-0.4, -0.2) is 16.2 Å². The van der Waals surface area contributed by atoms with Crippen molar-refractivity contribution in [3.05, 3.63) is 105 Å². The summed E-state index contributed by atoms with van der Waals surface area (Å²) in [6, 6.07) is 21.6. The lowest BCUT2D eigenvalue weighted by atomic mass is 9.98. The lowest BCUT2D eigenvalue weighted by molar-refractivity contribution is 0.0699. The molecule has 1 heterocycles. The van der Waals surface area contributed by atoms with Gasteiger partial charge in [0, 0.05) is 17.5 Å². The maximum absolute atomic E-state index is 11.5. The van der Waals surface area contributed by atoms with Gasteiger partial charge in [0.05, 0.1) is 26.2 Å². The summed E-state index contributed by atoms with van der Waals surface area (Å²) in [4.78, 5) is 11.5.